The lowest BCUT2D eigenvalue weighted by atomic mass is 9.93. The minimum atomic E-state index is 0.940. The molecule has 0 N–H and O–H groups in total. The van der Waals surface area contributed by atoms with E-state index in [2.05, 4.69) is 11.3 Å². The van der Waals surface area contributed by atoms with Gasteiger partial charge in [-0.1, -0.05) is 19.3 Å². The maximum atomic E-state index is 2.73. The molecule has 0 amide bonds. The van der Waals surface area contributed by atoms with Crippen LogP contribution in [0.15, 0.2) is 0 Å². The van der Waals surface area contributed by atoms with E-state index in [1.54, 1.807) is 0 Å². The van der Waals surface area contributed by atoms with Crippen LogP contribution in [0.1, 0.15) is 44.9 Å². The van der Waals surface area contributed by atoms with Crippen molar-refractivity contribution in [1.29, 1.82) is 0 Å². The van der Waals surface area contributed by atoms with Gasteiger partial charge in [0, 0.05) is 6.04 Å². The Morgan fingerprint density at radius 3 is 2.25 bits per heavy atom. The molecular weight excluding hydrogens is 146 g/mol. The van der Waals surface area contributed by atoms with Crippen molar-refractivity contribution in [1.82, 2.24) is 4.90 Å². The zero-order valence-corrected chi connectivity index (χ0v) is 7.97. The molecule has 0 aromatic rings. The van der Waals surface area contributed by atoms with Gasteiger partial charge in [0.15, 0.2) is 0 Å². The van der Waals surface area contributed by atoms with E-state index in [1.807, 2.05) is 0 Å². The molecule has 0 bridgehead atoms. The van der Waals surface area contributed by atoms with Crippen LogP contribution in [0.5, 0.6) is 0 Å². The van der Waals surface area contributed by atoms with Crippen LogP contribution in [0.4, 0.5) is 0 Å². The maximum absolute atomic E-state index is 2.73. The average molecular weight is 166 g/mol. The van der Waals surface area contributed by atoms with Crippen LogP contribution < -0.4 is 0 Å². The lowest BCUT2D eigenvalue weighted by molar-refractivity contribution is 0.139. The molecule has 70 valence electrons. The molecule has 0 spiro atoms. The summed E-state index contributed by atoms with van der Waals surface area (Å²) in [5.74, 6) is 0. The highest BCUT2D eigenvalue weighted by atomic mass is 15.2. The Hall–Kier alpha value is -0.0400. The molecule has 1 aliphatic heterocycles. The summed E-state index contributed by atoms with van der Waals surface area (Å²) in [5.41, 5.74) is 0. The predicted octanol–water partition coefficient (Wildman–Crippen LogP) is 2.62. The summed E-state index contributed by atoms with van der Waals surface area (Å²) < 4.78 is 0. The third-order valence-corrected chi connectivity index (χ3v) is 3.32. The van der Waals surface area contributed by atoms with E-state index in [4.69, 9.17) is 0 Å². The number of piperidine rings is 1. The SMILES string of the molecule is [CH-]1CCC(N2CCCCC2)CC1. The Bertz CT molecular complexity index is 105. The molecule has 1 heterocycles. The Balaban J connectivity index is 1.80. The molecule has 1 nitrogen and oxygen atoms in total. The normalized spacial score (nSPS) is 29.0. The van der Waals surface area contributed by atoms with Gasteiger partial charge in [-0.25, -0.2) is 0 Å². The summed E-state index contributed by atoms with van der Waals surface area (Å²) in [4.78, 5) is 2.73. The fourth-order valence-electron chi connectivity index (χ4n) is 2.56. The first-order valence-electron chi connectivity index (χ1n) is 5.52. The number of nitrogens with zero attached hydrogens (tertiary/aromatic N) is 1. The van der Waals surface area contributed by atoms with Crippen molar-refractivity contribution < 1.29 is 0 Å². The van der Waals surface area contributed by atoms with Crippen molar-refractivity contribution in [2.24, 2.45) is 0 Å². The second-order valence-corrected chi connectivity index (χ2v) is 4.19. The number of hydrogen-bond acceptors (Lipinski definition) is 1. The summed E-state index contributed by atoms with van der Waals surface area (Å²) in [6.07, 6.45) is 12.4. The molecule has 2 rings (SSSR count). The third kappa shape index (κ3) is 2.01. The Labute approximate surface area is 76.1 Å². The van der Waals surface area contributed by atoms with E-state index < -0.39 is 0 Å². The quantitative estimate of drug-likeness (QED) is 0.541. The van der Waals surface area contributed by atoms with Gasteiger partial charge in [-0.15, -0.1) is 0 Å². The van der Waals surface area contributed by atoms with E-state index in [-0.39, 0.29) is 0 Å². The van der Waals surface area contributed by atoms with Gasteiger partial charge in [-0.2, -0.15) is 12.8 Å². The van der Waals surface area contributed by atoms with Gasteiger partial charge in [0.2, 0.25) is 0 Å². The van der Waals surface area contributed by atoms with Gasteiger partial charge in [0.1, 0.15) is 0 Å². The summed E-state index contributed by atoms with van der Waals surface area (Å²) in [6, 6.07) is 0.940. The van der Waals surface area contributed by atoms with Crippen LogP contribution in [0.25, 0.3) is 0 Å². The van der Waals surface area contributed by atoms with Crippen molar-refractivity contribution >= 4 is 0 Å². The molecule has 0 aromatic carbocycles. The fraction of sp³-hybridized carbons (Fsp3) is 0.909. The van der Waals surface area contributed by atoms with E-state index in [0.29, 0.717) is 0 Å². The monoisotopic (exact) mass is 166 g/mol. The second kappa shape index (κ2) is 4.27. The molecule has 12 heavy (non-hydrogen) atoms. The first kappa shape index (κ1) is 8.55. The van der Waals surface area contributed by atoms with Crippen LogP contribution in [0, 0.1) is 6.42 Å². The molecule has 2 aliphatic rings. The zero-order valence-electron chi connectivity index (χ0n) is 7.97. The fourth-order valence-corrected chi connectivity index (χ4v) is 2.56. The molecule has 0 radical (unpaired) electrons. The van der Waals surface area contributed by atoms with Gasteiger partial charge >= 0.3 is 0 Å². The van der Waals surface area contributed by atoms with Crippen molar-refractivity contribution in [2.75, 3.05) is 13.1 Å². The van der Waals surface area contributed by atoms with Crippen LogP contribution >= 0.6 is 0 Å². The van der Waals surface area contributed by atoms with Crippen LogP contribution in [0.3, 0.4) is 0 Å². The van der Waals surface area contributed by atoms with E-state index in [0.717, 1.165) is 6.04 Å². The second-order valence-electron chi connectivity index (χ2n) is 4.19. The Kier molecular flexibility index (Phi) is 3.04. The van der Waals surface area contributed by atoms with Gasteiger partial charge in [-0.3, -0.25) is 0 Å². The number of rotatable bonds is 1. The largest absolute Gasteiger partial charge is 0.328 e. The van der Waals surface area contributed by atoms with Crippen molar-refractivity contribution in [3.63, 3.8) is 0 Å². The molecule has 1 saturated heterocycles. The van der Waals surface area contributed by atoms with Crippen molar-refractivity contribution in [2.45, 2.75) is 51.0 Å². The molecule has 0 unspecified atom stereocenters. The lowest BCUT2D eigenvalue weighted by Gasteiger charge is -2.39. The minimum Gasteiger partial charge on any atom is -0.328 e. The first-order valence-corrected chi connectivity index (χ1v) is 5.52. The van der Waals surface area contributed by atoms with Crippen molar-refractivity contribution in [3.8, 4) is 0 Å². The first-order chi connectivity index (χ1) is 5.97. The maximum Gasteiger partial charge on any atom is 0.00467 e. The van der Waals surface area contributed by atoms with Gasteiger partial charge < -0.3 is 11.3 Å². The molecule has 1 aliphatic carbocycles. The summed E-state index contributed by atoms with van der Waals surface area (Å²) in [5, 5.41) is 0. The highest BCUT2D eigenvalue weighted by Crippen LogP contribution is 2.24. The highest BCUT2D eigenvalue weighted by Gasteiger charge is 2.19. The Morgan fingerprint density at radius 1 is 0.917 bits per heavy atom. The molecular formula is C11H20N-. The van der Waals surface area contributed by atoms with Crippen LogP contribution in [-0.4, -0.2) is 24.0 Å². The Morgan fingerprint density at radius 2 is 1.58 bits per heavy atom. The molecule has 1 saturated carbocycles. The van der Waals surface area contributed by atoms with E-state index in [9.17, 15) is 0 Å². The highest BCUT2D eigenvalue weighted by molar-refractivity contribution is 4.83. The van der Waals surface area contributed by atoms with Crippen LogP contribution in [0.2, 0.25) is 0 Å². The van der Waals surface area contributed by atoms with Crippen molar-refractivity contribution in [3.05, 3.63) is 6.42 Å². The van der Waals surface area contributed by atoms with Gasteiger partial charge in [0.05, 0.1) is 0 Å². The van der Waals surface area contributed by atoms with Gasteiger partial charge in [-0.05, 0) is 25.9 Å². The summed E-state index contributed by atoms with van der Waals surface area (Å²) in [6.45, 7) is 2.76. The topological polar surface area (TPSA) is 3.24 Å². The van der Waals surface area contributed by atoms with E-state index in [1.165, 1.54) is 58.0 Å². The summed E-state index contributed by atoms with van der Waals surface area (Å²) in [7, 11) is 0. The number of hydrogen-bond donors (Lipinski definition) is 0. The summed E-state index contributed by atoms with van der Waals surface area (Å²) >= 11 is 0. The van der Waals surface area contributed by atoms with Gasteiger partial charge in [0.25, 0.3) is 0 Å². The molecule has 0 atom stereocenters. The average Bonchev–Trinajstić information content (AvgIpc) is 2.21. The molecule has 1 heteroatoms. The lowest BCUT2D eigenvalue weighted by Crippen LogP contribution is -2.40. The smallest absolute Gasteiger partial charge is 0.00467 e. The van der Waals surface area contributed by atoms with Crippen LogP contribution in [-0.2, 0) is 0 Å². The zero-order chi connectivity index (χ0) is 8.23. The minimum absolute atomic E-state index is 0.940. The number of likely N-dealkylation sites (tertiary alicyclic amines) is 1. The predicted molar refractivity (Wildman–Crippen MR) is 52.0 cm³/mol. The van der Waals surface area contributed by atoms with E-state index >= 15 is 0 Å². The standard InChI is InChI=1S/C11H20N/c1-3-7-11(8-4-1)12-9-5-2-6-10-12/h1,11H,2-10H2/q-1. The molecule has 2 fully saturated rings. The molecule has 0 aromatic heterocycles. The third-order valence-electron chi connectivity index (χ3n) is 3.32.